The van der Waals surface area contributed by atoms with E-state index in [4.69, 9.17) is 0 Å². The summed E-state index contributed by atoms with van der Waals surface area (Å²) in [6, 6.07) is 9.01. The van der Waals surface area contributed by atoms with Crippen LogP contribution in [0.3, 0.4) is 0 Å². The molecule has 0 aromatic heterocycles. The van der Waals surface area contributed by atoms with Crippen molar-refractivity contribution in [2.75, 3.05) is 13.1 Å². The molecule has 3 nitrogen and oxygen atoms in total. The lowest BCUT2D eigenvalue weighted by Crippen LogP contribution is -2.28. The number of ketones is 1. The minimum absolute atomic E-state index is 0.347. The first-order chi connectivity index (χ1) is 22.6. The van der Waals surface area contributed by atoms with E-state index in [0.717, 1.165) is 70.0 Å². The Morgan fingerprint density at radius 3 is 2.54 bits per heavy atom. The summed E-state index contributed by atoms with van der Waals surface area (Å²) >= 11 is 0. The Morgan fingerprint density at radius 2 is 1.76 bits per heavy atom. The molecule has 0 spiro atoms. The number of nitrogens with zero attached hydrogens (tertiary/aromatic N) is 2. The zero-order valence-electron chi connectivity index (χ0n) is 28.4. The standard InChI is InChI=1S/C43H54N2O/c1-3-13-34(14-4-2)15-7-5-8-16-35-21-23-37(24-22-35)39-25-26-40-33-44-28-27-42(41(40)32-39)45-29-11-19-38(20-12-30-45)43(46)31-36-17-9-6-10-18-36/h8,15-17,19,21-25,27-28,32-33H,3-7,9-14,18,20,26,29-31H2,1-2H3/b16-8+,38-19-. The molecule has 4 aliphatic rings. The molecule has 5 rings (SSSR count). The van der Waals surface area contributed by atoms with E-state index in [9.17, 15) is 4.79 Å². The fourth-order valence-corrected chi connectivity index (χ4v) is 7.12. The predicted octanol–water partition coefficient (Wildman–Crippen LogP) is 11.4. The van der Waals surface area contributed by atoms with Gasteiger partial charge >= 0.3 is 0 Å². The first-order valence-electron chi connectivity index (χ1n) is 18.1. The fraction of sp³-hybridized carbons (Fsp3) is 0.442. The Bertz CT molecular complexity index is 1480. The summed E-state index contributed by atoms with van der Waals surface area (Å²) in [5.41, 5.74) is 11.6. The minimum atomic E-state index is 0.347. The van der Waals surface area contributed by atoms with Crippen LogP contribution in [0.4, 0.5) is 0 Å². The third kappa shape index (κ3) is 9.64. The first kappa shape index (κ1) is 33.6. The highest BCUT2D eigenvalue weighted by atomic mass is 16.1. The average Bonchev–Trinajstić information content (AvgIpc) is 3.28. The number of carbonyl (C=O) groups is 1. The molecule has 46 heavy (non-hydrogen) atoms. The van der Waals surface area contributed by atoms with Gasteiger partial charge in [0.1, 0.15) is 0 Å². The van der Waals surface area contributed by atoms with Gasteiger partial charge in [-0.2, -0.15) is 0 Å². The summed E-state index contributed by atoms with van der Waals surface area (Å²) in [7, 11) is 0. The topological polar surface area (TPSA) is 32.7 Å². The fourth-order valence-electron chi connectivity index (χ4n) is 7.12. The van der Waals surface area contributed by atoms with Crippen LogP contribution in [0.5, 0.6) is 0 Å². The van der Waals surface area contributed by atoms with Crippen LogP contribution in [0.15, 0.2) is 112 Å². The normalized spacial score (nSPS) is 19.7. The van der Waals surface area contributed by atoms with Crippen LogP contribution in [0.25, 0.3) is 11.6 Å². The molecule has 1 aromatic carbocycles. The van der Waals surface area contributed by atoms with Crippen molar-refractivity contribution in [1.29, 1.82) is 0 Å². The van der Waals surface area contributed by atoms with Gasteiger partial charge in [-0.1, -0.05) is 98.6 Å². The summed E-state index contributed by atoms with van der Waals surface area (Å²) in [4.78, 5) is 20.2. The lowest BCUT2D eigenvalue weighted by molar-refractivity contribution is -0.115. The molecule has 0 fully saturated rings. The molecule has 3 heteroatoms. The number of benzene rings is 1. The molecule has 2 heterocycles. The Morgan fingerprint density at radius 1 is 0.913 bits per heavy atom. The Balaban J connectivity index is 1.21. The van der Waals surface area contributed by atoms with Crippen molar-refractivity contribution < 1.29 is 4.79 Å². The lowest BCUT2D eigenvalue weighted by Gasteiger charge is -2.31. The van der Waals surface area contributed by atoms with Crippen LogP contribution in [0.1, 0.15) is 121 Å². The molecule has 242 valence electrons. The zero-order chi connectivity index (χ0) is 32.0. The van der Waals surface area contributed by atoms with E-state index < -0.39 is 0 Å². The Labute approximate surface area is 278 Å². The van der Waals surface area contributed by atoms with Gasteiger partial charge in [0.15, 0.2) is 5.78 Å². The molecular formula is C43H54N2O. The van der Waals surface area contributed by atoms with Crippen LogP contribution >= 0.6 is 0 Å². The third-order valence-electron chi connectivity index (χ3n) is 9.61. The smallest absolute Gasteiger partial charge is 0.162 e. The minimum Gasteiger partial charge on any atom is -0.371 e. The van der Waals surface area contributed by atoms with Gasteiger partial charge in [0.05, 0.1) is 0 Å². The van der Waals surface area contributed by atoms with Crippen molar-refractivity contribution in [2.24, 2.45) is 4.99 Å². The highest BCUT2D eigenvalue weighted by Crippen LogP contribution is 2.36. The largest absolute Gasteiger partial charge is 0.371 e. The second-order valence-corrected chi connectivity index (χ2v) is 13.2. The van der Waals surface area contributed by atoms with Crippen LogP contribution < -0.4 is 0 Å². The highest BCUT2D eigenvalue weighted by Gasteiger charge is 2.23. The number of unbranched alkanes of at least 4 members (excludes halogenated alkanes) is 1. The number of allylic oxidation sites excluding steroid dienone is 11. The number of rotatable bonds is 13. The number of hydrogen-bond acceptors (Lipinski definition) is 3. The zero-order valence-corrected chi connectivity index (χ0v) is 28.4. The summed E-state index contributed by atoms with van der Waals surface area (Å²) in [5.74, 6) is 0.347. The second-order valence-electron chi connectivity index (χ2n) is 13.2. The van der Waals surface area contributed by atoms with Gasteiger partial charge in [-0.05, 0) is 117 Å². The summed E-state index contributed by atoms with van der Waals surface area (Å²) in [6.45, 7) is 6.41. The second kappa shape index (κ2) is 17.8. The van der Waals surface area contributed by atoms with E-state index in [-0.39, 0.29) is 0 Å². The summed E-state index contributed by atoms with van der Waals surface area (Å²) < 4.78 is 0. The SMILES string of the molecule is CCCC(=CCC/C=C/c1ccc(C2=CCC3=CN=CC=C(N4CC/C=C(\C(=O)CC5=CCCCC5)CCC4)C3=C2)cc1)CCC. The van der Waals surface area contributed by atoms with Gasteiger partial charge in [-0.3, -0.25) is 9.79 Å². The van der Waals surface area contributed by atoms with E-state index in [2.05, 4.69) is 96.6 Å². The Hall–Kier alpha value is -3.72. The van der Waals surface area contributed by atoms with Crippen molar-refractivity contribution >= 4 is 23.6 Å². The van der Waals surface area contributed by atoms with E-state index in [1.165, 1.54) is 77.6 Å². The summed E-state index contributed by atoms with van der Waals surface area (Å²) in [5, 5.41) is 0. The molecule has 0 N–H and O–H groups in total. The maximum atomic E-state index is 13.1. The van der Waals surface area contributed by atoms with Crippen molar-refractivity contribution in [3.63, 3.8) is 0 Å². The molecule has 0 unspecified atom stereocenters. The maximum Gasteiger partial charge on any atom is 0.162 e. The van der Waals surface area contributed by atoms with Crippen LogP contribution in [-0.4, -0.2) is 30.0 Å². The molecular weight excluding hydrogens is 560 g/mol. The Kier molecular flexibility index (Phi) is 13.0. The summed E-state index contributed by atoms with van der Waals surface area (Å²) in [6.07, 6.45) is 38.6. The molecule has 0 radical (unpaired) electrons. The molecule has 0 amide bonds. The number of carbonyl (C=O) groups excluding carboxylic acids is 1. The van der Waals surface area contributed by atoms with Gasteiger partial charge in [-0.15, -0.1) is 0 Å². The van der Waals surface area contributed by atoms with E-state index >= 15 is 0 Å². The predicted molar refractivity (Wildman–Crippen MR) is 198 cm³/mol. The lowest BCUT2D eigenvalue weighted by atomic mass is 9.88. The molecule has 2 aliphatic heterocycles. The van der Waals surface area contributed by atoms with E-state index in [1.807, 2.05) is 12.4 Å². The van der Waals surface area contributed by atoms with E-state index in [1.54, 1.807) is 5.57 Å². The number of aliphatic imine (C=N–C) groups is 1. The molecule has 1 aromatic rings. The average molecular weight is 615 g/mol. The van der Waals surface area contributed by atoms with Gasteiger partial charge in [0.2, 0.25) is 0 Å². The van der Waals surface area contributed by atoms with Crippen molar-refractivity contribution in [3.8, 4) is 0 Å². The van der Waals surface area contributed by atoms with Gasteiger partial charge in [0, 0.05) is 43.2 Å². The van der Waals surface area contributed by atoms with Crippen molar-refractivity contribution in [2.45, 2.75) is 110 Å². The number of fused-ring (bicyclic) bond motifs is 1. The molecule has 2 aliphatic carbocycles. The molecule has 0 bridgehead atoms. The van der Waals surface area contributed by atoms with Crippen molar-refractivity contribution in [1.82, 2.24) is 4.90 Å². The van der Waals surface area contributed by atoms with E-state index in [0.29, 0.717) is 12.2 Å². The van der Waals surface area contributed by atoms with Gasteiger partial charge in [-0.25, -0.2) is 0 Å². The molecule has 0 saturated heterocycles. The van der Waals surface area contributed by atoms with Crippen LogP contribution in [-0.2, 0) is 4.79 Å². The first-order valence-corrected chi connectivity index (χ1v) is 18.1. The maximum absolute atomic E-state index is 13.1. The van der Waals surface area contributed by atoms with Gasteiger partial charge in [0.25, 0.3) is 0 Å². The highest BCUT2D eigenvalue weighted by molar-refractivity contribution is 5.96. The third-order valence-corrected chi connectivity index (χ3v) is 9.61. The van der Waals surface area contributed by atoms with Gasteiger partial charge < -0.3 is 4.90 Å². The molecule has 0 saturated carbocycles. The van der Waals surface area contributed by atoms with Crippen LogP contribution in [0, 0.1) is 0 Å². The molecule has 0 atom stereocenters. The van der Waals surface area contributed by atoms with Crippen LogP contribution in [0.2, 0.25) is 0 Å². The quantitative estimate of drug-likeness (QED) is 0.164. The number of hydrogen-bond donors (Lipinski definition) is 0. The number of Topliss-reactive ketones (excluding diaryl/α,β-unsaturated/α-hetero) is 1. The monoisotopic (exact) mass is 614 g/mol. The van der Waals surface area contributed by atoms with Crippen molar-refractivity contribution in [3.05, 3.63) is 118 Å².